The molecule has 0 aliphatic carbocycles. The molecule has 0 atom stereocenters. The predicted octanol–water partition coefficient (Wildman–Crippen LogP) is 1.78. The summed E-state index contributed by atoms with van der Waals surface area (Å²) in [4.78, 5) is 24.2. The van der Waals surface area contributed by atoms with Crippen molar-refractivity contribution >= 4 is 27.9 Å². The second-order valence-corrected chi connectivity index (χ2v) is 5.77. The quantitative estimate of drug-likeness (QED) is 0.877. The fraction of sp³-hybridized carbons (Fsp3) is 0.429. The lowest BCUT2D eigenvalue weighted by Gasteiger charge is -2.29. The molecule has 5 nitrogen and oxygen atoms in total. The maximum atomic E-state index is 11.3. The molecule has 1 aromatic carbocycles. The second-order valence-electron chi connectivity index (χ2n) is 4.92. The van der Waals surface area contributed by atoms with E-state index in [-0.39, 0.29) is 5.91 Å². The maximum Gasteiger partial charge on any atom is 0.318 e. The van der Waals surface area contributed by atoms with Crippen LogP contribution in [0.3, 0.4) is 0 Å². The van der Waals surface area contributed by atoms with Crippen LogP contribution in [0.15, 0.2) is 22.7 Å². The van der Waals surface area contributed by atoms with Crippen molar-refractivity contribution in [2.75, 3.05) is 13.1 Å². The number of halogens is 1. The highest BCUT2D eigenvalue weighted by Gasteiger charge is 2.17. The third-order valence-corrected chi connectivity index (χ3v) is 4.18. The topological polar surface area (TPSA) is 75.4 Å². The van der Waals surface area contributed by atoms with E-state index >= 15 is 0 Å². The van der Waals surface area contributed by atoms with Gasteiger partial charge >= 0.3 is 6.03 Å². The van der Waals surface area contributed by atoms with Crippen LogP contribution < -0.4 is 11.1 Å². The number of primary amides is 1. The first-order valence-electron chi connectivity index (χ1n) is 6.64. The van der Waals surface area contributed by atoms with E-state index in [2.05, 4.69) is 44.3 Å². The molecule has 0 spiro atoms. The van der Waals surface area contributed by atoms with Crippen LogP contribution in [0.2, 0.25) is 0 Å². The molecule has 1 aliphatic heterocycles. The van der Waals surface area contributed by atoms with Crippen LogP contribution in [0.5, 0.6) is 0 Å². The summed E-state index contributed by atoms with van der Waals surface area (Å²) in [6, 6.07) is 5.50. The Kier molecular flexibility index (Phi) is 5.14. The van der Waals surface area contributed by atoms with Gasteiger partial charge in [0.15, 0.2) is 0 Å². The molecule has 2 rings (SSSR count). The van der Waals surface area contributed by atoms with E-state index in [9.17, 15) is 9.59 Å². The lowest BCUT2D eigenvalue weighted by atomic mass is 10.00. The number of amides is 3. The molecule has 0 aromatic heterocycles. The Morgan fingerprint density at radius 2 is 2.20 bits per heavy atom. The molecule has 1 aromatic rings. The third kappa shape index (κ3) is 4.05. The van der Waals surface area contributed by atoms with E-state index < -0.39 is 6.03 Å². The summed E-state index contributed by atoms with van der Waals surface area (Å²) >= 11 is 3.59. The Morgan fingerprint density at radius 3 is 2.95 bits per heavy atom. The highest BCUT2D eigenvalue weighted by Crippen LogP contribution is 2.26. The number of nitrogens with two attached hydrogens (primary N) is 1. The molecular formula is C14H18BrN3O2. The first-order chi connectivity index (χ1) is 9.56. The van der Waals surface area contributed by atoms with Gasteiger partial charge in [0.05, 0.1) is 0 Å². The molecule has 0 saturated heterocycles. The average molecular weight is 340 g/mol. The van der Waals surface area contributed by atoms with Gasteiger partial charge in [-0.1, -0.05) is 28.1 Å². The summed E-state index contributed by atoms with van der Waals surface area (Å²) in [5.74, 6) is -0.309. The first-order valence-corrected chi connectivity index (χ1v) is 7.43. The van der Waals surface area contributed by atoms with Gasteiger partial charge in [0.25, 0.3) is 0 Å². The predicted molar refractivity (Wildman–Crippen MR) is 80.1 cm³/mol. The maximum absolute atomic E-state index is 11.3. The SMILES string of the molecule is NC(=O)NC(=O)CCCN1CCc2cccc(Br)c2C1. The van der Waals surface area contributed by atoms with Crippen molar-refractivity contribution < 1.29 is 9.59 Å². The Labute approximate surface area is 126 Å². The van der Waals surface area contributed by atoms with Gasteiger partial charge in [-0.25, -0.2) is 4.79 Å². The number of fused-ring (bicyclic) bond motifs is 1. The van der Waals surface area contributed by atoms with Crippen molar-refractivity contribution in [3.8, 4) is 0 Å². The van der Waals surface area contributed by atoms with E-state index in [0.29, 0.717) is 6.42 Å². The number of carbonyl (C=O) groups is 2. The number of imide groups is 1. The van der Waals surface area contributed by atoms with E-state index in [1.165, 1.54) is 11.1 Å². The number of nitrogens with one attached hydrogen (secondary N) is 1. The van der Waals surface area contributed by atoms with Crippen LogP contribution >= 0.6 is 15.9 Å². The van der Waals surface area contributed by atoms with Gasteiger partial charge in [0, 0.05) is 24.0 Å². The van der Waals surface area contributed by atoms with Crippen molar-refractivity contribution in [1.29, 1.82) is 0 Å². The van der Waals surface area contributed by atoms with E-state index in [4.69, 9.17) is 5.73 Å². The van der Waals surface area contributed by atoms with Crippen molar-refractivity contribution in [1.82, 2.24) is 10.2 Å². The first kappa shape index (κ1) is 15.0. The van der Waals surface area contributed by atoms with Gasteiger partial charge in [-0.3, -0.25) is 15.0 Å². The number of carbonyl (C=O) groups excluding carboxylic acids is 2. The fourth-order valence-electron chi connectivity index (χ4n) is 2.45. The molecular weight excluding hydrogens is 322 g/mol. The molecule has 0 radical (unpaired) electrons. The largest absolute Gasteiger partial charge is 0.351 e. The minimum absolute atomic E-state index is 0.309. The zero-order chi connectivity index (χ0) is 14.5. The molecule has 0 saturated carbocycles. The minimum atomic E-state index is -0.786. The number of hydrogen-bond acceptors (Lipinski definition) is 3. The van der Waals surface area contributed by atoms with Crippen LogP contribution in [0.1, 0.15) is 24.0 Å². The van der Waals surface area contributed by atoms with Crippen LogP contribution in [0.4, 0.5) is 4.79 Å². The standard InChI is InChI=1S/C14H18BrN3O2/c15-12-4-1-3-10-6-8-18(9-11(10)12)7-2-5-13(19)17-14(16)20/h1,3-4H,2,5-9H2,(H3,16,17,19,20). The van der Waals surface area contributed by atoms with Crippen molar-refractivity contribution in [3.63, 3.8) is 0 Å². The van der Waals surface area contributed by atoms with Crippen molar-refractivity contribution in [3.05, 3.63) is 33.8 Å². The summed E-state index contributed by atoms with van der Waals surface area (Å²) in [6.07, 6.45) is 2.07. The highest BCUT2D eigenvalue weighted by molar-refractivity contribution is 9.10. The zero-order valence-corrected chi connectivity index (χ0v) is 12.8. The Morgan fingerprint density at radius 1 is 1.40 bits per heavy atom. The van der Waals surface area contributed by atoms with E-state index in [0.717, 1.165) is 36.9 Å². The fourth-order valence-corrected chi connectivity index (χ4v) is 2.98. The van der Waals surface area contributed by atoms with Crippen LogP contribution in [-0.2, 0) is 17.8 Å². The molecule has 0 fully saturated rings. The van der Waals surface area contributed by atoms with Gasteiger partial charge < -0.3 is 5.73 Å². The number of hydrogen-bond donors (Lipinski definition) is 2. The van der Waals surface area contributed by atoms with Gasteiger partial charge in [0.2, 0.25) is 5.91 Å². The number of nitrogens with zero attached hydrogens (tertiary/aromatic N) is 1. The molecule has 3 N–H and O–H groups in total. The van der Waals surface area contributed by atoms with E-state index in [1.807, 2.05) is 0 Å². The molecule has 20 heavy (non-hydrogen) atoms. The zero-order valence-electron chi connectivity index (χ0n) is 11.2. The Balaban J connectivity index is 1.80. The smallest absolute Gasteiger partial charge is 0.318 e. The molecule has 1 heterocycles. The summed E-state index contributed by atoms with van der Waals surface area (Å²) in [7, 11) is 0. The minimum Gasteiger partial charge on any atom is -0.351 e. The summed E-state index contributed by atoms with van der Waals surface area (Å²) < 4.78 is 1.14. The van der Waals surface area contributed by atoms with Crippen LogP contribution in [-0.4, -0.2) is 29.9 Å². The molecule has 0 bridgehead atoms. The van der Waals surface area contributed by atoms with E-state index in [1.54, 1.807) is 0 Å². The van der Waals surface area contributed by atoms with Crippen LogP contribution in [0, 0.1) is 0 Å². The highest BCUT2D eigenvalue weighted by atomic mass is 79.9. The van der Waals surface area contributed by atoms with Gasteiger partial charge in [-0.15, -0.1) is 0 Å². The summed E-state index contributed by atoms with van der Waals surface area (Å²) in [5.41, 5.74) is 7.62. The number of benzene rings is 1. The molecule has 0 unspecified atom stereocenters. The normalized spacial score (nSPS) is 14.7. The summed E-state index contributed by atoms with van der Waals surface area (Å²) in [5, 5.41) is 2.08. The van der Waals surface area contributed by atoms with Crippen LogP contribution in [0.25, 0.3) is 0 Å². The number of urea groups is 1. The van der Waals surface area contributed by atoms with Gasteiger partial charge in [-0.05, 0) is 36.6 Å². The lowest BCUT2D eigenvalue weighted by molar-refractivity contribution is -0.120. The van der Waals surface area contributed by atoms with Gasteiger partial charge in [0.1, 0.15) is 0 Å². The molecule has 3 amide bonds. The second kappa shape index (κ2) is 6.85. The Bertz CT molecular complexity index is 519. The Hall–Kier alpha value is -1.40. The molecule has 1 aliphatic rings. The summed E-state index contributed by atoms with van der Waals surface area (Å²) in [6.45, 7) is 2.74. The van der Waals surface area contributed by atoms with Crippen molar-refractivity contribution in [2.45, 2.75) is 25.8 Å². The number of rotatable bonds is 4. The molecule has 108 valence electrons. The molecule has 6 heteroatoms. The van der Waals surface area contributed by atoms with Gasteiger partial charge in [-0.2, -0.15) is 0 Å². The average Bonchev–Trinajstić information content (AvgIpc) is 2.39. The monoisotopic (exact) mass is 339 g/mol. The van der Waals surface area contributed by atoms with Crippen molar-refractivity contribution in [2.24, 2.45) is 5.73 Å². The lowest BCUT2D eigenvalue weighted by Crippen LogP contribution is -2.36. The third-order valence-electron chi connectivity index (χ3n) is 3.44.